The molecule has 0 aromatic carbocycles. The van der Waals surface area contributed by atoms with Gasteiger partial charge in [-0.3, -0.25) is 4.90 Å². The fourth-order valence-corrected chi connectivity index (χ4v) is 0.930. The van der Waals surface area contributed by atoms with Gasteiger partial charge in [-0.1, -0.05) is 6.92 Å². The summed E-state index contributed by atoms with van der Waals surface area (Å²) in [7, 11) is 1.78. The number of rotatable bonds is 2. The van der Waals surface area contributed by atoms with Crippen LogP contribution in [0.25, 0.3) is 0 Å². The number of hydrogen-bond donors (Lipinski definition) is 0. The van der Waals surface area contributed by atoms with Crippen molar-refractivity contribution in [3.8, 4) is 0 Å². The predicted molar refractivity (Wildman–Crippen MR) is 32.9 cm³/mol. The lowest BCUT2D eigenvalue weighted by Gasteiger charge is -2.37. The average molecular weight is 115 g/mol. The van der Waals surface area contributed by atoms with Crippen LogP contribution in [-0.2, 0) is 4.74 Å². The molecule has 2 heteroatoms. The highest BCUT2D eigenvalue weighted by Gasteiger charge is 2.23. The Morgan fingerprint density at radius 2 is 2.25 bits per heavy atom. The van der Waals surface area contributed by atoms with Gasteiger partial charge >= 0.3 is 0 Å². The molecule has 0 N–H and O–H groups in total. The molecule has 0 bridgehead atoms. The lowest BCUT2D eigenvalue weighted by Crippen LogP contribution is -2.51. The number of ether oxygens (including phenoxy) is 1. The molecule has 1 rings (SSSR count). The number of hydrogen-bond acceptors (Lipinski definition) is 2. The second-order valence-corrected chi connectivity index (χ2v) is 2.21. The minimum atomic E-state index is 0.523. The van der Waals surface area contributed by atoms with Crippen LogP contribution >= 0.6 is 0 Å². The Hall–Kier alpha value is -0.0800. The SMILES string of the molecule is CCN1CC(OC)C1. The van der Waals surface area contributed by atoms with Gasteiger partial charge in [0.05, 0.1) is 6.10 Å². The van der Waals surface area contributed by atoms with Gasteiger partial charge in [0.15, 0.2) is 0 Å². The second-order valence-electron chi connectivity index (χ2n) is 2.21. The Morgan fingerprint density at radius 1 is 1.62 bits per heavy atom. The number of methoxy groups -OCH3 is 1. The van der Waals surface area contributed by atoms with Crippen molar-refractivity contribution in [3.05, 3.63) is 0 Å². The summed E-state index contributed by atoms with van der Waals surface area (Å²) in [6, 6.07) is 0. The molecule has 8 heavy (non-hydrogen) atoms. The van der Waals surface area contributed by atoms with Crippen molar-refractivity contribution in [2.45, 2.75) is 13.0 Å². The Morgan fingerprint density at radius 3 is 2.62 bits per heavy atom. The molecule has 1 aliphatic rings. The largest absolute Gasteiger partial charge is 0.379 e. The maximum Gasteiger partial charge on any atom is 0.0824 e. The predicted octanol–water partition coefficient (Wildman–Crippen LogP) is 0.337. The zero-order valence-corrected chi connectivity index (χ0v) is 5.55. The zero-order valence-electron chi connectivity index (χ0n) is 5.55. The first-order valence-electron chi connectivity index (χ1n) is 3.12. The van der Waals surface area contributed by atoms with Crippen molar-refractivity contribution in [2.24, 2.45) is 0 Å². The Kier molecular flexibility index (Phi) is 1.86. The minimum absolute atomic E-state index is 0.523. The fraction of sp³-hybridized carbons (Fsp3) is 1.00. The molecule has 1 fully saturated rings. The number of likely N-dealkylation sites (tertiary alicyclic amines) is 1. The summed E-state index contributed by atoms with van der Waals surface area (Å²) in [5.74, 6) is 0. The van der Waals surface area contributed by atoms with E-state index in [1.807, 2.05) is 0 Å². The molecular formula is C6H13NO. The first-order chi connectivity index (χ1) is 3.86. The van der Waals surface area contributed by atoms with Crippen LogP contribution in [0.3, 0.4) is 0 Å². The van der Waals surface area contributed by atoms with E-state index in [-0.39, 0.29) is 0 Å². The molecule has 0 spiro atoms. The summed E-state index contributed by atoms with van der Waals surface area (Å²) in [6.07, 6.45) is 0.523. The third-order valence-corrected chi connectivity index (χ3v) is 1.70. The van der Waals surface area contributed by atoms with Gasteiger partial charge in [0.25, 0.3) is 0 Å². The summed E-state index contributed by atoms with van der Waals surface area (Å²) in [6.45, 7) is 5.60. The van der Waals surface area contributed by atoms with Crippen LogP contribution in [0.15, 0.2) is 0 Å². The van der Waals surface area contributed by atoms with Crippen LogP contribution in [0.4, 0.5) is 0 Å². The van der Waals surface area contributed by atoms with Crippen LogP contribution in [0.5, 0.6) is 0 Å². The molecule has 0 aromatic rings. The highest BCUT2D eigenvalue weighted by atomic mass is 16.5. The van der Waals surface area contributed by atoms with Crippen LogP contribution in [0.1, 0.15) is 6.92 Å². The molecule has 0 radical (unpaired) electrons. The first kappa shape index (κ1) is 6.05. The van der Waals surface area contributed by atoms with E-state index >= 15 is 0 Å². The topological polar surface area (TPSA) is 12.5 Å². The Bertz CT molecular complexity index is 60.9. The van der Waals surface area contributed by atoms with E-state index in [4.69, 9.17) is 4.74 Å². The molecule has 0 saturated carbocycles. The van der Waals surface area contributed by atoms with E-state index in [0.717, 1.165) is 13.1 Å². The molecule has 0 unspecified atom stereocenters. The van der Waals surface area contributed by atoms with Gasteiger partial charge in [-0.25, -0.2) is 0 Å². The highest BCUT2D eigenvalue weighted by molar-refractivity contribution is 4.78. The molecule has 0 aromatic heterocycles. The lowest BCUT2D eigenvalue weighted by atomic mass is 10.2. The quantitative estimate of drug-likeness (QED) is 0.514. The van der Waals surface area contributed by atoms with Gasteiger partial charge in [-0.05, 0) is 6.54 Å². The van der Waals surface area contributed by atoms with Crippen LogP contribution in [0, 0.1) is 0 Å². The van der Waals surface area contributed by atoms with Gasteiger partial charge in [0, 0.05) is 20.2 Å². The van der Waals surface area contributed by atoms with Crippen molar-refractivity contribution in [1.29, 1.82) is 0 Å². The average Bonchev–Trinajstić information content (AvgIpc) is 1.65. The third-order valence-electron chi connectivity index (χ3n) is 1.70. The van der Waals surface area contributed by atoms with Crippen molar-refractivity contribution in [3.63, 3.8) is 0 Å². The van der Waals surface area contributed by atoms with E-state index in [9.17, 15) is 0 Å². The summed E-state index contributed by atoms with van der Waals surface area (Å²) in [4.78, 5) is 2.36. The van der Waals surface area contributed by atoms with Crippen molar-refractivity contribution >= 4 is 0 Å². The minimum Gasteiger partial charge on any atom is -0.379 e. The monoisotopic (exact) mass is 115 g/mol. The van der Waals surface area contributed by atoms with Gasteiger partial charge in [0.2, 0.25) is 0 Å². The van der Waals surface area contributed by atoms with E-state index < -0.39 is 0 Å². The van der Waals surface area contributed by atoms with E-state index in [0.29, 0.717) is 6.10 Å². The summed E-state index contributed by atoms with van der Waals surface area (Å²) in [5, 5.41) is 0. The van der Waals surface area contributed by atoms with Crippen LogP contribution in [-0.4, -0.2) is 37.7 Å². The Labute approximate surface area is 50.4 Å². The summed E-state index contributed by atoms with van der Waals surface area (Å²) in [5.41, 5.74) is 0. The highest BCUT2D eigenvalue weighted by Crippen LogP contribution is 2.08. The molecule has 1 aliphatic heterocycles. The summed E-state index contributed by atoms with van der Waals surface area (Å²) < 4.78 is 5.08. The number of likely N-dealkylation sites (N-methyl/N-ethyl adjacent to an activating group) is 1. The fourth-order valence-electron chi connectivity index (χ4n) is 0.930. The van der Waals surface area contributed by atoms with Gasteiger partial charge in [0.1, 0.15) is 0 Å². The molecule has 0 amide bonds. The molecule has 2 nitrogen and oxygen atoms in total. The maximum atomic E-state index is 5.08. The first-order valence-corrected chi connectivity index (χ1v) is 3.12. The maximum absolute atomic E-state index is 5.08. The van der Waals surface area contributed by atoms with Crippen LogP contribution in [0.2, 0.25) is 0 Å². The van der Waals surface area contributed by atoms with Gasteiger partial charge in [-0.2, -0.15) is 0 Å². The Balaban J connectivity index is 2.03. The van der Waals surface area contributed by atoms with Gasteiger partial charge < -0.3 is 4.74 Å². The molecule has 1 saturated heterocycles. The lowest BCUT2D eigenvalue weighted by molar-refractivity contribution is -0.0264. The van der Waals surface area contributed by atoms with Crippen molar-refractivity contribution < 1.29 is 4.74 Å². The summed E-state index contributed by atoms with van der Waals surface area (Å²) >= 11 is 0. The third kappa shape index (κ3) is 1.01. The molecular weight excluding hydrogens is 102 g/mol. The van der Waals surface area contributed by atoms with Crippen molar-refractivity contribution in [1.82, 2.24) is 4.90 Å². The van der Waals surface area contributed by atoms with Crippen LogP contribution < -0.4 is 0 Å². The standard InChI is InChI=1S/C6H13NO/c1-3-7-4-6(5-7)8-2/h6H,3-5H2,1-2H3. The van der Waals surface area contributed by atoms with Gasteiger partial charge in [-0.15, -0.1) is 0 Å². The van der Waals surface area contributed by atoms with E-state index in [1.54, 1.807) is 7.11 Å². The zero-order chi connectivity index (χ0) is 5.98. The number of nitrogens with zero attached hydrogens (tertiary/aromatic N) is 1. The van der Waals surface area contributed by atoms with Crippen molar-refractivity contribution in [2.75, 3.05) is 26.7 Å². The van der Waals surface area contributed by atoms with E-state index in [1.165, 1.54) is 6.54 Å². The second kappa shape index (κ2) is 2.46. The molecule has 0 aliphatic carbocycles. The van der Waals surface area contributed by atoms with E-state index in [2.05, 4.69) is 11.8 Å². The molecule has 1 heterocycles. The normalized spacial score (nSPS) is 23.2. The molecule has 0 atom stereocenters. The molecule has 48 valence electrons. The smallest absolute Gasteiger partial charge is 0.0824 e.